The Kier molecular flexibility index (Phi) is 7.51. The number of oxime groups is 1. The lowest BCUT2D eigenvalue weighted by Crippen LogP contribution is -2.50. The second-order valence-electron chi connectivity index (χ2n) is 11.8. The topological polar surface area (TPSA) is 108 Å². The fraction of sp³-hybridized carbons (Fsp3) is 0.455. The number of amides is 1. The molecule has 2 aromatic carbocycles. The molecule has 214 valence electrons. The number of Topliss-reactive ketones (excluding diaryl/α,β-unsaturated/α-hetero) is 1. The average molecular weight is 556 g/mol. The number of aliphatic carboxylic acids is 1. The molecule has 2 fully saturated rings. The standard InChI is InChI=1S/C33H37N3O5/c1-34-27-16-6-4-2-3-5-11-21-18-33(21,32(39)40)19-29(37)28-17-22(20-36(28)31(27)38)41-35-30-25-14-9-7-12-23(25)24-13-8-10-15-26(24)30/h5,7-15,21-22,27-28,34H,2-4,6,16-20H2,1H3,(H,39,40)/b11-5-/t21-,22-,27+,28+,33-/m1/s1. The highest BCUT2D eigenvalue weighted by atomic mass is 16.6. The molecule has 41 heavy (non-hydrogen) atoms. The van der Waals surface area contributed by atoms with Gasteiger partial charge in [-0.3, -0.25) is 14.4 Å². The Labute approximate surface area is 240 Å². The third-order valence-electron chi connectivity index (χ3n) is 9.29. The van der Waals surface area contributed by atoms with E-state index in [4.69, 9.17) is 4.84 Å². The summed E-state index contributed by atoms with van der Waals surface area (Å²) in [4.78, 5) is 47.6. The van der Waals surface area contributed by atoms with Crippen LogP contribution in [-0.4, -0.2) is 65.2 Å². The molecule has 2 aliphatic heterocycles. The van der Waals surface area contributed by atoms with Gasteiger partial charge in [-0.15, -0.1) is 0 Å². The Hall–Kier alpha value is -3.78. The van der Waals surface area contributed by atoms with E-state index >= 15 is 0 Å². The van der Waals surface area contributed by atoms with Crippen LogP contribution in [0.2, 0.25) is 0 Å². The Bertz CT molecular complexity index is 1370. The molecule has 6 rings (SSSR count). The Morgan fingerprint density at radius 2 is 1.71 bits per heavy atom. The third-order valence-corrected chi connectivity index (χ3v) is 9.29. The Morgan fingerprint density at radius 3 is 2.37 bits per heavy atom. The number of hydrogen-bond donors (Lipinski definition) is 2. The molecular formula is C33H37N3O5. The minimum atomic E-state index is -1.08. The van der Waals surface area contributed by atoms with Gasteiger partial charge in [0.25, 0.3) is 0 Å². The number of rotatable bonds is 4. The fourth-order valence-electron chi connectivity index (χ4n) is 6.82. The molecule has 2 heterocycles. The number of carbonyl (C=O) groups excluding carboxylic acids is 2. The summed E-state index contributed by atoms with van der Waals surface area (Å²) in [6, 6.07) is 15.0. The lowest BCUT2D eigenvalue weighted by molar-refractivity contribution is -0.147. The largest absolute Gasteiger partial charge is 0.481 e. The van der Waals surface area contributed by atoms with Crippen molar-refractivity contribution < 1.29 is 24.3 Å². The average Bonchev–Trinajstić information content (AvgIpc) is 3.35. The number of carboxylic acid groups (broad SMARTS) is 1. The van der Waals surface area contributed by atoms with Crippen molar-refractivity contribution in [3.63, 3.8) is 0 Å². The normalized spacial score (nSPS) is 30.3. The minimum Gasteiger partial charge on any atom is -0.481 e. The second-order valence-corrected chi connectivity index (χ2v) is 11.8. The maximum atomic E-state index is 13.8. The van der Waals surface area contributed by atoms with Gasteiger partial charge in [0, 0.05) is 24.0 Å². The molecule has 8 heteroatoms. The van der Waals surface area contributed by atoms with Crippen LogP contribution in [0.3, 0.4) is 0 Å². The van der Waals surface area contributed by atoms with Gasteiger partial charge in [0.1, 0.15) is 11.8 Å². The zero-order valence-electron chi connectivity index (χ0n) is 23.4. The van der Waals surface area contributed by atoms with Gasteiger partial charge in [-0.2, -0.15) is 0 Å². The van der Waals surface area contributed by atoms with Gasteiger partial charge in [0.05, 0.1) is 24.0 Å². The van der Waals surface area contributed by atoms with Crippen LogP contribution < -0.4 is 5.32 Å². The molecule has 1 saturated carbocycles. The number of carboxylic acids is 1. The molecule has 0 bridgehead atoms. The molecule has 1 amide bonds. The molecule has 2 aliphatic carbocycles. The predicted molar refractivity (Wildman–Crippen MR) is 155 cm³/mol. The van der Waals surface area contributed by atoms with Gasteiger partial charge < -0.3 is 20.2 Å². The second kappa shape index (κ2) is 11.2. The van der Waals surface area contributed by atoms with E-state index in [0.29, 0.717) is 12.8 Å². The summed E-state index contributed by atoms with van der Waals surface area (Å²) in [5.41, 5.74) is 3.82. The van der Waals surface area contributed by atoms with Gasteiger partial charge in [-0.05, 0) is 49.8 Å². The molecule has 0 spiro atoms. The first-order valence-corrected chi connectivity index (χ1v) is 14.8. The number of likely N-dealkylation sites (N-methyl/N-ethyl adjacent to an activating group) is 1. The van der Waals surface area contributed by atoms with Crippen molar-refractivity contribution in [3.05, 3.63) is 71.8 Å². The number of ketones is 1. The number of allylic oxidation sites excluding steroid dienone is 2. The van der Waals surface area contributed by atoms with Crippen molar-refractivity contribution in [2.24, 2.45) is 16.5 Å². The van der Waals surface area contributed by atoms with Crippen molar-refractivity contribution in [1.29, 1.82) is 0 Å². The summed E-state index contributed by atoms with van der Waals surface area (Å²) in [6.45, 7) is 0.233. The maximum absolute atomic E-state index is 13.8. The first-order chi connectivity index (χ1) is 19.9. The highest BCUT2D eigenvalue weighted by Crippen LogP contribution is 2.57. The van der Waals surface area contributed by atoms with Crippen molar-refractivity contribution in [1.82, 2.24) is 10.2 Å². The van der Waals surface area contributed by atoms with Gasteiger partial charge in [0.2, 0.25) is 5.91 Å². The SMILES string of the molecule is CN[C@H]1CCCCC/C=C\[C@@H]2C[C@@]2(C(=O)O)CC(=O)[C@@H]2C[C@@H](ON=C3c4ccccc4-c4ccccc43)CN2C1=O. The van der Waals surface area contributed by atoms with Crippen LogP contribution in [0.25, 0.3) is 11.1 Å². The first-order valence-electron chi connectivity index (χ1n) is 14.8. The van der Waals surface area contributed by atoms with Crippen molar-refractivity contribution in [2.45, 2.75) is 69.6 Å². The Morgan fingerprint density at radius 1 is 1.02 bits per heavy atom. The first kappa shape index (κ1) is 27.4. The van der Waals surface area contributed by atoms with E-state index in [9.17, 15) is 19.5 Å². The molecule has 0 unspecified atom stereocenters. The number of nitrogens with one attached hydrogen (secondary N) is 1. The van der Waals surface area contributed by atoms with Crippen LogP contribution in [-0.2, 0) is 19.2 Å². The summed E-state index contributed by atoms with van der Waals surface area (Å²) in [6.07, 6.45) is 8.65. The summed E-state index contributed by atoms with van der Waals surface area (Å²) in [7, 11) is 1.77. The quantitative estimate of drug-likeness (QED) is 0.361. The van der Waals surface area contributed by atoms with E-state index in [-0.39, 0.29) is 37.0 Å². The van der Waals surface area contributed by atoms with E-state index in [2.05, 4.69) is 28.7 Å². The minimum absolute atomic E-state index is 0.0853. The van der Waals surface area contributed by atoms with Gasteiger partial charge in [-0.1, -0.05) is 78.7 Å². The Balaban J connectivity index is 1.27. The number of nitrogens with zero attached hydrogens (tertiary/aromatic N) is 2. The number of fused-ring (bicyclic) bond motifs is 5. The van der Waals surface area contributed by atoms with Crippen molar-refractivity contribution >= 4 is 23.4 Å². The van der Waals surface area contributed by atoms with Gasteiger partial charge in [0.15, 0.2) is 5.78 Å². The highest BCUT2D eigenvalue weighted by Gasteiger charge is 2.61. The van der Waals surface area contributed by atoms with E-state index < -0.39 is 29.6 Å². The van der Waals surface area contributed by atoms with Crippen LogP contribution >= 0.6 is 0 Å². The molecule has 8 nitrogen and oxygen atoms in total. The monoisotopic (exact) mass is 555 g/mol. The van der Waals surface area contributed by atoms with E-state index in [1.54, 1.807) is 11.9 Å². The van der Waals surface area contributed by atoms with E-state index in [1.165, 1.54) is 0 Å². The molecule has 0 aromatic heterocycles. The number of hydrogen-bond acceptors (Lipinski definition) is 6. The molecular weight excluding hydrogens is 518 g/mol. The molecule has 5 atom stereocenters. The molecule has 2 aromatic rings. The molecule has 2 N–H and O–H groups in total. The number of benzene rings is 2. The molecule has 0 radical (unpaired) electrons. The van der Waals surface area contributed by atoms with Gasteiger partial charge in [-0.25, -0.2) is 0 Å². The lowest BCUT2D eigenvalue weighted by Gasteiger charge is -2.28. The smallest absolute Gasteiger partial charge is 0.310 e. The van der Waals surface area contributed by atoms with Crippen LogP contribution in [0.15, 0.2) is 65.8 Å². The van der Waals surface area contributed by atoms with Crippen LogP contribution in [0.4, 0.5) is 0 Å². The summed E-state index contributed by atoms with van der Waals surface area (Å²) < 4.78 is 0. The summed E-state index contributed by atoms with van der Waals surface area (Å²) in [5.74, 6) is -1.43. The van der Waals surface area contributed by atoms with Crippen LogP contribution in [0, 0.1) is 11.3 Å². The van der Waals surface area contributed by atoms with E-state index in [0.717, 1.165) is 53.6 Å². The van der Waals surface area contributed by atoms with E-state index in [1.807, 2.05) is 42.5 Å². The third kappa shape index (κ3) is 5.10. The molecule has 4 aliphatic rings. The molecule has 1 saturated heterocycles. The lowest BCUT2D eigenvalue weighted by atomic mass is 9.92. The maximum Gasteiger partial charge on any atom is 0.310 e. The predicted octanol–water partition coefficient (Wildman–Crippen LogP) is 4.56. The van der Waals surface area contributed by atoms with Gasteiger partial charge >= 0.3 is 5.97 Å². The zero-order chi connectivity index (χ0) is 28.6. The van der Waals surface area contributed by atoms with Crippen molar-refractivity contribution in [3.8, 4) is 11.1 Å². The fourth-order valence-corrected chi connectivity index (χ4v) is 6.82. The van der Waals surface area contributed by atoms with Crippen LogP contribution in [0.1, 0.15) is 62.5 Å². The zero-order valence-corrected chi connectivity index (χ0v) is 23.4. The van der Waals surface area contributed by atoms with Crippen LogP contribution in [0.5, 0.6) is 0 Å². The highest BCUT2D eigenvalue weighted by molar-refractivity contribution is 6.24. The number of carbonyl (C=O) groups is 3. The summed E-state index contributed by atoms with van der Waals surface area (Å²) >= 11 is 0. The van der Waals surface area contributed by atoms with Crippen molar-refractivity contribution in [2.75, 3.05) is 13.6 Å². The summed E-state index contributed by atoms with van der Waals surface area (Å²) in [5, 5.41) is 17.8.